The second-order valence-corrected chi connectivity index (χ2v) is 3.93. The van der Waals surface area contributed by atoms with Gasteiger partial charge in [0, 0.05) is 12.7 Å². The molecule has 0 saturated heterocycles. The lowest BCUT2D eigenvalue weighted by atomic mass is 10.1. The molecule has 1 aromatic heterocycles. The predicted octanol–water partition coefficient (Wildman–Crippen LogP) is 2.00. The molecule has 0 atom stereocenters. The minimum absolute atomic E-state index is 0.799. The third-order valence-corrected chi connectivity index (χ3v) is 2.07. The Kier molecular flexibility index (Phi) is 5.15. The Hall–Kier alpha value is -0.960. The molecule has 1 heterocycles. The largest absolute Gasteiger partial charge is 0.311 e. The first-order chi connectivity index (χ1) is 6.79. The highest BCUT2D eigenvalue weighted by Crippen LogP contribution is 2.01. The van der Waals surface area contributed by atoms with Gasteiger partial charge in [-0.05, 0) is 37.4 Å². The van der Waals surface area contributed by atoms with Crippen LogP contribution in [0.2, 0.25) is 0 Å². The summed E-state index contributed by atoms with van der Waals surface area (Å²) in [5.74, 6) is 0.799. The van der Waals surface area contributed by atoms with Crippen LogP contribution in [0.3, 0.4) is 0 Å². The molecule has 0 unspecified atom stereocenters. The van der Waals surface area contributed by atoms with Crippen molar-refractivity contribution in [2.45, 2.75) is 33.2 Å². The van der Waals surface area contributed by atoms with Gasteiger partial charge in [-0.3, -0.25) is 0 Å². The van der Waals surface area contributed by atoms with Crippen LogP contribution >= 0.6 is 0 Å². The Bertz CT molecular complexity index is 234. The predicted molar refractivity (Wildman–Crippen MR) is 57.8 cm³/mol. The molecule has 3 nitrogen and oxygen atoms in total. The molecular weight excluding hydrogens is 174 g/mol. The third kappa shape index (κ3) is 4.92. The molecule has 1 aromatic rings. The molecule has 14 heavy (non-hydrogen) atoms. The Morgan fingerprint density at radius 1 is 1.43 bits per heavy atom. The van der Waals surface area contributed by atoms with E-state index < -0.39 is 0 Å². The van der Waals surface area contributed by atoms with Crippen LogP contribution in [0.4, 0.5) is 0 Å². The number of aromatic nitrogens is 2. The molecule has 0 spiro atoms. The van der Waals surface area contributed by atoms with E-state index in [1.54, 1.807) is 6.20 Å². The van der Waals surface area contributed by atoms with Crippen LogP contribution in [0.25, 0.3) is 0 Å². The first-order valence-electron chi connectivity index (χ1n) is 5.26. The van der Waals surface area contributed by atoms with Crippen LogP contribution < -0.4 is 5.32 Å². The van der Waals surface area contributed by atoms with E-state index in [9.17, 15) is 0 Å². The summed E-state index contributed by atoms with van der Waals surface area (Å²) in [7, 11) is 0. The number of nitrogens with zero attached hydrogens (tertiary/aromatic N) is 2. The van der Waals surface area contributed by atoms with Crippen molar-refractivity contribution in [2.24, 2.45) is 5.92 Å². The van der Waals surface area contributed by atoms with Crippen molar-refractivity contribution in [2.75, 3.05) is 6.54 Å². The van der Waals surface area contributed by atoms with Crippen LogP contribution in [0.15, 0.2) is 18.3 Å². The van der Waals surface area contributed by atoms with Crippen LogP contribution in [0, 0.1) is 5.92 Å². The lowest BCUT2D eigenvalue weighted by Crippen LogP contribution is -2.16. The highest BCUT2D eigenvalue weighted by molar-refractivity contribution is 4.98. The van der Waals surface area contributed by atoms with Gasteiger partial charge in [0.15, 0.2) is 0 Å². The quantitative estimate of drug-likeness (QED) is 0.702. The van der Waals surface area contributed by atoms with Gasteiger partial charge in [-0.2, -0.15) is 10.2 Å². The maximum atomic E-state index is 4.00. The van der Waals surface area contributed by atoms with E-state index in [1.807, 2.05) is 12.1 Å². The summed E-state index contributed by atoms with van der Waals surface area (Å²) in [6.45, 7) is 6.39. The Labute approximate surface area is 85.9 Å². The third-order valence-electron chi connectivity index (χ3n) is 2.07. The summed E-state index contributed by atoms with van der Waals surface area (Å²) < 4.78 is 0. The molecule has 0 radical (unpaired) electrons. The van der Waals surface area contributed by atoms with Crippen LogP contribution in [-0.4, -0.2) is 16.7 Å². The van der Waals surface area contributed by atoms with Crippen molar-refractivity contribution in [3.63, 3.8) is 0 Å². The van der Waals surface area contributed by atoms with Gasteiger partial charge in [-0.15, -0.1) is 0 Å². The molecule has 0 aromatic carbocycles. The summed E-state index contributed by atoms with van der Waals surface area (Å²) >= 11 is 0. The maximum Gasteiger partial charge on any atom is 0.0768 e. The zero-order chi connectivity index (χ0) is 10.2. The van der Waals surface area contributed by atoms with Crippen molar-refractivity contribution < 1.29 is 0 Å². The van der Waals surface area contributed by atoms with Crippen molar-refractivity contribution in [3.8, 4) is 0 Å². The van der Waals surface area contributed by atoms with Gasteiger partial charge in [0.05, 0.1) is 5.69 Å². The molecule has 0 saturated carbocycles. The average molecular weight is 193 g/mol. The Morgan fingerprint density at radius 3 is 2.93 bits per heavy atom. The van der Waals surface area contributed by atoms with Crippen molar-refractivity contribution in [1.29, 1.82) is 0 Å². The van der Waals surface area contributed by atoms with Crippen molar-refractivity contribution in [3.05, 3.63) is 24.0 Å². The molecule has 0 aliphatic carbocycles. The zero-order valence-corrected chi connectivity index (χ0v) is 9.03. The number of rotatable bonds is 6. The van der Waals surface area contributed by atoms with Crippen LogP contribution in [0.1, 0.15) is 32.4 Å². The second kappa shape index (κ2) is 6.49. The molecule has 0 fully saturated rings. The van der Waals surface area contributed by atoms with E-state index >= 15 is 0 Å². The highest BCUT2D eigenvalue weighted by Gasteiger charge is 1.95. The molecule has 0 bridgehead atoms. The molecule has 0 amide bonds. The second-order valence-electron chi connectivity index (χ2n) is 3.93. The van der Waals surface area contributed by atoms with E-state index in [4.69, 9.17) is 0 Å². The highest BCUT2D eigenvalue weighted by atomic mass is 15.1. The smallest absolute Gasteiger partial charge is 0.0768 e. The zero-order valence-electron chi connectivity index (χ0n) is 9.03. The maximum absolute atomic E-state index is 4.00. The molecular formula is C11H19N3. The van der Waals surface area contributed by atoms with Gasteiger partial charge in [0.1, 0.15) is 0 Å². The standard InChI is InChI=1S/C11H19N3/c1-10(2)5-3-7-12-9-11-6-4-8-13-14-11/h4,6,8,10,12H,3,5,7,9H2,1-2H3. The van der Waals surface area contributed by atoms with E-state index in [1.165, 1.54) is 12.8 Å². The number of hydrogen-bond acceptors (Lipinski definition) is 3. The molecule has 1 N–H and O–H groups in total. The minimum Gasteiger partial charge on any atom is -0.311 e. The van der Waals surface area contributed by atoms with Gasteiger partial charge in [-0.25, -0.2) is 0 Å². The van der Waals surface area contributed by atoms with E-state index in [0.29, 0.717) is 0 Å². The van der Waals surface area contributed by atoms with Crippen molar-refractivity contribution >= 4 is 0 Å². The molecule has 3 heteroatoms. The summed E-state index contributed by atoms with van der Waals surface area (Å²) in [5.41, 5.74) is 1.01. The molecule has 1 rings (SSSR count). The fourth-order valence-electron chi connectivity index (χ4n) is 1.28. The van der Waals surface area contributed by atoms with Gasteiger partial charge in [0.2, 0.25) is 0 Å². The fourth-order valence-corrected chi connectivity index (χ4v) is 1.28. The van der Waals surface area contributed by atoms with E-state index in [0.717, 1.165) is 24.7 Å². The van der Waals surface area contributed by atoms with Gasteiger partial charge in [-0.1, -0.05) is 13.8 Å². The minimum atomic E-state index is 0.799. The summed E-state index contributed by atoms with van der Waals surface area (Å²) in [4.78, 5) is 0. The van der Waals surface area contributed by atoms with Gasteiger partial charge in [0.25, 0.3) is 0 Å². The van der Waals surface area contributed by atoms with Gasteiger partial charge < -0.3 is 5.32 Å². The van der Waals surface area contributed by atoms with Crippen LogP contribution in [-0.2, 0) is 6.54 Å². The molecule has 0 aliphatic heterocycles. The molecule has 78 valence electrons. The van der Waals surface area contributed by atoms with Gasteiger partial charge >= 0.3 is 0 Å². The molecule has 0 aliphatic rings. The Morgan fingerprint density at radius 2 is 2.29 bits per heavy atom. The lowest BCUT2D eigenvalue weighted by Gasteiger charge is -2.05. The van der Waals surface area contributed by atoms with E-state index in [-0.39, 0.29) is 0 Å². The first kappa shape index (κ1) is 11.1. The van der Waals surface area contributed by atoms with Crippen LogP contribution in [0.5, 0.6) is 0 Å². The average Bonchev–Trinajstić information content (AvgIpc) is 2.18. The first-order valence-corrected chi connectivity index (χ1v) is 5.26. The van der Waals surface area contributed by atoms with Crippen molar-refractivity contribution in [1.82, 2.24) is 15.5 Å². The number of nitrogens with one attached hydrogen (secondary N) is 1. The Balaban J connectivity index is 2.05. The van der Waals surface area contributed by atoms with E-state index in [2.05, 4.69) is 29.4 Å². The monoisotopic (exact) mass is 193 g/mol. The lowest BCUT2D eigenvalue weighted by molar-refractivity contribution is 0.525. The summed E-state index contributed by atoms with van der Waals surface area (Å²) in [5, 5.41) is 11.2. The SMILES string of the molecule is CC(C)CCCNCc1cccnn1. The normalized spacial score (nSPS) is 10.8. The number of hydrogen-bond donors (Lipinski definition) is 1. The summed E-state index contributed by atoms with van der Waals surface area (Å²) in [6.07, 6.45) is 4.22. The topological polar surface area (TPSA) is 37.8 Å². The summed E-state index contributed by atoms with van der Waals surface area (Å²) in [6, 6.07) is 3.90. The fraction of sp³-hybridized carbons (Fsp3) is 0.636.